The standard InChI is InChI=1S/C7H2ClF3INO2/c8-3-1-4(7(9,10)11)6(13(14)15)5(12)2-3/h1-2H. The molecule has 0 fully saturated rings. The van der Waals surface area contributed by atoms with Crippen molar-refractivity contribution in [1.82, 2.24) is 0 Å². The van der Waals surface area contributed by atoms with Gasteiger partial charge in [-0.3, -0.25) is 10.1 Å². The minimum absolute atomic E-state index is 0.141. The highest BCUT2D eigenvalue weighted by atomic mass is 127. The van der Waals surface area contributed by atoms with Crippen LogP contribution in [-0.2, 0) is 6.18 Å². The summed E-state index contributed by atoms with van der Waals surface area (Å²) in [4.78, 5) is 9.39. The average molecular weight is 351 g/mol. The van der Waals surface area contributed by atoms with Gasteiger partial charge >= 0.3 is 6.18 Å². The van der Waals surface area contributed by atoms with Gasteiger partial charge in [0.15, 0.2) is 0 Å². The summed E-state index contributed by atoms with van der Waals surface area (Å²) in [6, 6.07) is 1.65. The van der Waals surface area contributed by atoms with Gasteiger partial charge in [0.1, 0.15) is 5.56 Å². The van der Waals surface area contributed by atoms with E-state index in [-0.39, 0.29) is 8.59 Å². The third kappa shape index (κ3) is 2.71. The van der Waals surface area contributed by atoms with Gasteiger partial charge in [-0.05, 0) is 34.7 Å². The molecule has 0 unspecified atom stereocenters. The SMILES string of the molecule is O=[N+]([O-])c1c(I)cc(Cl)cc1C(F)(F)F. The van der Waals surface area contributed by atoms with Gasteiger partial charge in [0, 0.05) is 5.02 Å². The first-order valence-corrected chi connectivity index (χ1v) is 4.90. The molecule has 0 bridgehead atoms. The fraction of sp³-hybridized carbons (Fsp3) is 0.143. The van der Waals surface area contributed by atoms with E-state index < -0.39 is 22.4 Å². The zero-order valence-corrected chi connectivity index (χ0v) is 9.72. The van der Waals surface area contributed by atoms with Crippen molar-refractivity contribution < 1.29 is 18.1 Å². The molecule has 0 saturated heterocycles. The summed E-state index contributed by atoms with van der Waals surface area (Å²) in [7, 11) is 0. The normalized spacial score (nSPS) is 11.5. The molecule has 0 aliphatic rings. The number of nitro benzene ring substituents is 1. The van der Waals surface area contributed by atoms with Crippen molar-refractivity contribution in [2.45, 2.75) is 6.18 Å². The summed E-state index contributed by atoms with van der Waals surface area (Å²) in [5.41, 5.74) is -2.29. The number of halogens is 5. The zero-order valence-electron chi connectivity index (χ0n) is 6.81. The van der Waals surface area contributed by atoms with Gasteiger partial charge in [0.2, 0.25) is 0 Å². The third-order valence-electron chi connectivity index (χ3n) is 1.52. The van der Waals surface area contributed by atoms with Crippen LogP contribution in [0.1, 0.15) is 5.56 Å². The highest BCUT2D eigenvalue weighted by molar-refractivity contribution is 14.1. The Hall–Kier alpha value is -0.570. The van der Waals surface area contributed by atoms with Crippen LogP contribution in [0.15, 0.2) is 12.1 Å². The second-order valence-electron chi connectivity index (χ2n) is 2.54. The molecule has 0 aliphatic heterocycles. The Kier molecular flexibility index (Phi) is 3.44. The molecule has 1 rings (SSSR count). The van der Waals surface area contributed by atoms with Crippen molar-refractivity contribution in [1.29, 1.82) is 0 Å². The summed E-state index contributed by atoms with van der Waals surface area (Å²) in [5, 5.41) is 10.3. The lowest BCUT2D eigenvalue weighted by molar-refractivity contribution is -0.389. The van der Waals surface area contributed by atoms with Crippen molar-refractivity contribution >= 4 is 39.9 Å². The van der Waals surface area contributed by atoms with Crippen LogP contribution < -0.4 is 0 Å². The molecule has 0 aromatic heterocycles. The van der Waals surface area contributed by atoms with Crippen molar-refractivity contribution in [3.8, 4) is 0 Å². The maximum absolute atomic E-state index is 12.4. The molecule has 82 valence electrons. The minimum atomic E-state index is -4.78. The first kappa shape index (κ1) is 12.5. The lowest BCUT2D eigenvalue weighted by Crippen LogP contribution is -2.10. The predicted octanol–water partition coefficient (Wildman–Crippen LogP) is 3.87. The van der Waals surface area contributed by atoms with Gasteiger partial charge in [-0.1, -0.05) is 11.6 Å². The summed E-state index contributed by atoms with van der Waals surface area (Å²) >= 11 is 6.85. The molecule has 0 N–H and O–H groups in total. The molecule has 1 aromatic carbocycles. The molecule has 0 heterocycles. The molecule has 1 aromatic rings. The Morgan fingerprint density at radius 3 is 2.33 bits per heavy atom. The van der Waals surface area contributed by atoms with E-state index in [4.69, 9.17) is 11.6 Å². The molecular formula is C7H2ClF3INO2. The van der Waals surface area contributed by atoms with Crippen LogP contribution in [0.2, 0.25) is 5.02 Å². The average Bonchev–Trinajstić information content (AvgIpc) is 1.99. The number of benzene rings is 1. The Bertz CT molecular complexity index is 421. The van der Waals surface area contributed by atoms with Crippen LogP contribution in [0.5, 0.6) is 0 Å². The van der Waals surface area contributed by atoms with Crippen LogP contribution in [0, 0.1) is 13.7 Å². The molecule has 3 nitrogen and oxygen atoms in total. The van der Waals surface area contributed by atoms with E-state index in [0.29, 0.717) is 6.07 Å². The summed E-state index contributed by atoms with van der Waals surface area (Å²) in [6.45, 7) is 0. The van der Waals surface area contributed by atoms with Gasteiger partial charge in [-0.2, -0.15) is 13.2 Å². The molecule has 0 spiro atoms. The fourth-order valence-corrected chi connectivity index (χ4v) is 2.19. The first-order valence-electron chi connectivity index (χ1n) is 3.44. The van der Waals surface area contributed by atoms with E-state index in [1.807, 2.05) is 0 Å². The van der Waals surface area contributed by atoms with Crippen molar-refractivity contribution in [2.75, 3.05) is 0 Å². The number of nitro groups is 1. The maximum atomic E-state index is 12.4. The lowest BCUT2D eigenvalue weighted by Gasteiger charge is -2.08. The Morgan fingerprint density at radius 1 is 1.40 bits per heavy atom. The van der Waals surface area contributed by atoms with Crippen LogP contribution in [0.4, 0.5) is 18.9 Å². The van der Waals surface area contributed by atoms with E-state index in [2.05, 4.69) is 0 Å². The Labute approximate surface area is 101 Å². The highest BCUT2D eigenvalue weighted by Gasteiger charge is 2.39. The van der Waals surface area contributed by atoms with Gasteiger partial charge in [-0.15, -0.1) is 0 Å². The first-order chi connectivity index (χ1) is 6.73. The number of hydrogen-bond acceptors (Lipinski definition) is 2. The number of nitrogens with zero attached hydrogens (tertiary/aromatic N) is 1. The van der Waals surface area contributed by atoms with E-state index in [1.54, 1.807) is 0 Å². The molecule has 15 heavy (non-hydrogen) atoms. The molecule has 0 atom stereocenters. The molecular weight excluding hydrogens is 349 g/mol. The Morgan fingerprint density at radius 2 is 1.93 bits per heavy atom. The van der Waals surface area contributed by atoms with Crippen LogP contribution in [0.3, 0.4) is 0 Å². The predicted molar refractivity (Wildman–Crippen MR) is 55.8 cm³/mol. The smallest absolute Gasteiger partial charge is 0.258 e. The molecule has 0 saturated carbocycles. The van der Waals surface area contributed by atoms with E-state index in [1.165, 1.54) is 22.6 Å². The van der Waals surface area contributed by atoms with E-state index in [0.717, 1.165) is 6.07 Å². The summed E-state index contributed by atoms with van der Waals surface area (Å²) < 4.78 is 37.1. The highest BCUT2D eigenvalue weighted by Crippen LogP contribution is 2.40. The number of hydrogen-bond donors (Lipinski definition) is 0. The molecule has 0 aliphatic carbocycles. The molecule has 8 heteroatoms. The summed E-state index contributed by atoms with van der Waals surface area (Å²) in [5.74, 6) is 0. The van der Waals surface area contributed by atoms with E-state index in [9.17, 15) is 23.3 Å². The Balaban J connectivity index is 3.54. The quantitative estimate of drug-likeness (QED) is 0.438. The zero-order chi connectivity index (χ0) is 11.8. The van der Waals surface area contributed by atoms with Crippen molar-refractivity contribution in [3.63, 3.8) is 0 Å². The fourth-order valence-electron chi connectivity index (χ4n) is 0.968. The second-order valence-corrected chi connectivity index (χ2v) is 4.14. The van der Waals surface area contributed by atoms with Crippen LogP contribution in [0.25, 0.3) is 0 Å². The van der Waals surface area contributed by atoms with Gasteiger partial charge in [0.25, 0.3) is 5.69 Å². The maximum Gasteiger partial charge on any atom is 0.423 e. The monoisotopic (exact) mass is 351 g/mol. The van der Waals surface area contributed by atoms with Gasteiger partial charge in [0.05, 0.1) is 8.49 Å². The largest absolute Gasteiger partial charge is 0.423 e. The van der Waals surface area contributed by atoms with Crippen LogP contribution in [-0.4, -0.2) is 4.92 Å². The van der Waals surface area contributed by atoms with Crippen molar-refractivity contribution in [2.24, 2.45) is 0 Å². The topological polar surface area (TPSA) is 43.1 Å². The third-order valence-corrected chi connectivity index (χ3v) is 2.56. The van der Waals surface area contributed by atoms with Gasteiger partial charge < -0.3 is 0 Å². The lowest BCUT2D eigenvalue weighted by atomic mass is 10.2. The van der Waals surface area contributed by atoms with Crippen LogP contribution >= 0.6 is 34.2 Å². The van der Waals surface area contributed by atoms with E-state index >= 15 is 0 Å². The molecule has 0 radical (unpaired) electrons. The number of alkyl halides is 3. The second kappa shape index (κ2) is 4.12. The number of rotatable bonds is 1. The minimum Gasteiger partial charge on any atom is -0.258 e. The summed E-state index contributed by atoms with van der Waals surface area (Å²) in [6.07, 6.45) is -4.78. The van der Waals surface area contributed by atoms with Crippen molar-refractivity contribution in [3.05, 3.63) is 36.4 Å². The molecule has 0 amide bonds. The van der Waals surface area contributed by atoms with Gasteiger partial charge in [-0.25, -0.2) is 0 Å².